The molecule has 1 saturated carbocycles. The summed E-state index contributed by atoms with van der Waals surface area (Å²) in [7, 11) is 0. The molecule has 1 aliphatic carbocycles. The lowest BCUT2D eigenvalue weighted by Crippen LogP contribution is -2.58. The Morgan fingerprint density at radius 1 is 1.05 bits per heavy atom. The van der Waals surface area contributed by atoms with Crippen LogP contribution in [0.2, 0.25) is 5.02 Å². The molecule has 0 aliphatic heterocycles. The Bertz CT molecular complexity index is 1150. The maximum atomic E-state index is 14.1. The van der Waals surface area contributed by atoms with Gasteiger partial charge in [0, 0.05) is 6.04 Å². The molecule has 2 aromatic carbocycles. The lowest BCUT2D eigenvalue weighted by Gasteiger charge is -2.44. The minimum absolute atomic E-state index is 0.237. The summed E-state index contributed by atoms with van der Waals surface area (Å²) in [5.74, 6) is -0.977. The van der Waals surface area contributed by atoms with Crippen molar-refractivity contribution in [2.24, 2.45) is 0 Å². The maximum Gasteiger partial charge on any atom is 0.408 e. The fraction of sp³-hybridized carbons (Fsp3) is 0.483. The lowest BCUT2D eigenvalue weighted by molar-refractivity contribution is -0.146. The van der Waals surface area contributed by atoms with Crippen LogP contribution in [0.1, 0.15) is 68.3 Å². The zero-order chi connectivity index (χ0) is 28.2. The number of carbonyl (C=O) groups is 3. The van der Waals surface area contributed by atoms with E-state index in [1.807, 2.05) is 45.0 Å². The second-order valence-electron chi connectivity index (χ2n) is 10.8. The van der Waals surface area contributed by atoms with Gasteiger partial charge in [-0.3, -0.25) is 9.59 Å². The molecule has 0 saturated heterocycles. The summed E-state index contributed by atoms with van der Waals surface area (Å²) in [5, 5.41) is 16.0. The second-order valence-corrected chi connectivity index (χ2v) is 11.2. The Hall–Kier alpha value is -3.10. The van der Waals surface area contributed by atoms with E-state index in [4.69, 9.17) is 16.3 Å². The van der Waals surface area contributed by atoms with Crippen LogP contribution in [-0.4, -0.2) is 52.2 Å². The highest BCUT2D eigenvalue weighted by Gasteiger charge is 2.43. The van der Waals surface area contributed by atoms with E-state index in [9.17, 15) is 19.5 Å². The first-order valence-electron chi connectivity index (χ1n) is 12.9. The van der Waals surface area contributed by atoms with Gasteiger partial charge in [0.25, 0.3) is 5.91 Å². The minimum atomic E-state index is -1.29. The van der Waals surface area contributed by atoms with Crippen molar-refractivity contribution in [3.05, 3.63) is 63.7 Å². The summed E-state index contributed by atoms with van der Waals surface area (Å²) in [6, 6.07) is 8.50. The summed E-state index contributed by atoms with van der Waals surface area (Å²) in [4.78, 5) is 42.1. The monoisotopic (exact) mass is 543 g/mol. The second kappa shape index (κ2) is 12.2. The summed E-state index contributed by atoms with van der Waals surface area (Å²) in [6.45, 7) is 10.1. The van der Waals surface area contributed by atoms with Crippen molar-refractivity contribution in [3.8, 4) is 0 Å². The van der Waals surface area contributed by atoms with E-state index >= 15 is 0 Å². The van der Waals surface area contributed by atoms with Crippen molar-refractivity contribution in [2.75, 3.05) is 11.9 Å². The summed E-state index contributed by atoms with van der Waals surface area (Å²) >= 11 is 6.42. The van der Waals surface area contributed by atoms with Gasteiger partial charge in [0.15, 0.2) is 0 Å². The molecule has 1 fully saturated rings. The van der Waals surface area contributed by atoms with Gasteiger partial charge in [-0.15, -0.1) is 0 Å². The van der Waals surface area contributed by atoms with Crippen LogP contribution in [0.4, 0.5) is 10.5 Å². The van der Waals surface area contributed by atoms with Crippen LogP contribution in [0.5, 0.6) is 0 Å². The molecule has 0 radical (unpaired) electrons. The molecule has 0 bridgehead atoms. The number of ether oxygens (including phenoxy) is 1. The van der Waals surface area contributed by atoms with Gasteiger partial charge in [-0.25, -0.2) is 4.79 Å². The van der Waals surface area contributed by atoms with E-state index in [1.165, 1.54) is 4.90 Å². The lowest BCUT2D eigenvalue weighted by atomic mass is 9.86. The van der Waals surface area contributed by atoms with Crippen molar-refractivity contribution < 1.29 is 24.2 Å². The van der Waals surface area contributed by atoms with E-state index < -0.39 is 42.2 Å². The zero-order valence-corrected chi connectivity index (χ0v) is 23.7. The molecule has 206 valence electrons. The molecule has 3 amide bonds. The van der Waals surface area contributed by atoms with Gasteiger partial charge in [-0.2, -0.15) is 0 Å². The number of aliphatic hydroxyl groups excluding tert-OH is 1. The van der Waals surface area contributed by atoms with Gasteiger partial charge in [0.1, 0.15) is 17.7 Å². The molecule has 0 heterocycles. The van der Waals surface area contributed by atoms with Crippen LogP contribution in [0.3, 0.4) is 0 Å². The van der Waals surface area contributed by atoms with Crippen LogP contribution in [0.15, 0.2) is 36.4 Å². The number of para-hydroxylation sites is 1. The molecule has 38 heavy (non-hydrogen) atoms. The number of aliphatic hydroxyl groups is 1. The predicted molar refractivity (Wildman–Crippen MR) is 148 cm³/mol. The molecule has 2 aromatic rings. The van der Waals surface area contributed by atoms with Gasteiger partial charge in [0.05, 0.1) is 17.3 Å². The third-order valence-electron chi connectivity index (χ3n) is 6.71. The SMILES string of the molecule is Cc1cccc(Cl)c1NC(=O)C(c1c(C)cccc1C)N(C(=O)C(CO)NC(=O)OC(C)(C)C)C1CCC1. The molecule has 3 rings (SSSR count). The highest BCUT2D eigenvalue weighted by Crippen LogP contribution is 2.37. The Morgan fingerprint density at radius 2 is 1.63 bits per heavy atom. The average Bonchev–Trinajstić information content (AvgIpc) is 2.78. The average molecular weight is 544 g/mol. The molecule has 9 heteroatoms. The van der Waals surface area contributed by atoms with Crippen molar-refractivity contribution in [1.29, 1.82) is 0 Å². The fourth-order valence-corrected chi connectivity index (χ4v) is 4.90. The Balaban J connectivity index is 2.07. The van der Waals surface area contributed by atoms with E-state index in [0.717, 1.165) is 23.1 Å². The quantitative estimate of drug-likeness (QED) is 0.423. The molecular weight excluding hydrogens is 506 g/mol. The van der Waals surface area contributed by atoms with Gasteiger partial charge >= 0.3 is 6.09 Å². The van der Waals surface area contributed by atoms with Crippen LogP contribution in [-0.2, 0) is 14.3 Å². The third kappa shape index (κ3) is 6.85. The number of carbonyl (C=O) groups excluding carboxylic acids is 3. The van der Waals surface area contributed by atoms with Gasteiger partial charge in [0.2, 0.25) is 5.91 Å². The number of amides is 3. The number of hydrogen-bond donors (Lipinski definition) is 3. The van der Waals surface area contributed by atoms with E-state index in [2.05, 4.69) is 10.6 Å². The van der Waals surface area contributed by atoms with Crippen molar-refractivity contribution in [1.82, 2.24) is 10.2 Å². The molecule has 8 nitrogen and oxygen atoms in total. The predicted octanol–water partition coefficient (Wildman–Crippen LogP) is 5.21. The number of hydrogen-bond acceptors (Lipinski definition) is 5. The Morgan fingerprint density at radius 3 is 2.13 bits per heavy atom. The summed E-state index contributed by atoms with van der Waals surface area (Å²) in [6.07, 6.45) is 1.49. The van der Waals surface area contributed by atoms with Crippen molar-refractivity contribution >= 4 is 35.2 Å². The first kappa shape index (κ1) is 29.5. The standard InChI is InChI=1S/C29H38ClN3O5/c1-17-10-7-11-18(2)23(17)25(26(35)32-24-19(3)12-8-15-21(24)30)33(20-13-9-14-20)27(36)22(16-34)31-28(37)38-29(4,5)6/h7-8,10-12,15,20,22,25,34H,9,13-14,16H2,1-6H3,(H,31,37)(H,32,35). The Labute approximate surface area is 229 Å². The molecule has 0 spiro atoms. The molecule has 1 aliphatic rings. The number of benzene rings is 2. The van der Waals surface area contributed by atoms with Crippen molar-refractivity contribution in [2.45, 2.75) is 84.5 Å². The number of nitrogens with zero attached hydrogens (tertiary/aromatic N) is 1. The molecular formula is C29H38ClN3O5. The zero-order valence-electron chi connectivity index (χ0n) is 22.9. The number of anilines is 1. The van der Waals surface area contributed by atoms with Gasteiger partial charge in [-0.1, -0.05) is 41.9 Å². The highest BCUT2D eigenvalue weighted by atomic mass is 35.5. The van der Waals surface area contributed by atoms with Crippen molar-refractivity contribution in [3.63, 3.8) is 0 Å². The van der Waals surface area contributed by atoms with Crippen LogP contribution in [0.25, 0.3) is 0 Å². The number of rotatable bonds is 8. The number of alkyl carbamates (subject to hydrolysis) is 1. The largest absolute Gasteiger partial charge is 0.444 e. The molecule has 0 aromatic heterocycles. The topological polar surface area (TPSA) is 108 Å². The first-order chi connectivity index (χ1) is 17.8. The maximum absolute atomic E-state index is 14.1. The Kier molecular flexibility index (Phi) is 9.44. The first-order valence-corrected chi connectivity index (χ1v) is 13.3. The summed E-state index contributed by atoms with van der Waals surface area (Å²) in [5.41, 5.74) is 2.87. The van der Waals surface area contributed by atoms with Gasteiger partial charge < -0.3 is 25.4 Å². The molecule has 2 atom stereocenters. The molecule has 2 unspecified atom stereocenters. The highest BCUT2D eigenvalue weighted by molar-refractivity contribution is 6.34. The number of halogens is 1. The fourth-order valence-electron chi connectivity index (χ4n) is 4.64. The van der Waals surface area contributed by atoms with E-state index in [-0.39, 0.29) is 6.04 Å². The number of nitrogens with one attached hydrogen (secondary N) is 2. The third-order valence-corrected chi connectivity index (χ3v) is 7.02. The summed E-state index contributed by atoms with van der Waals surface area (Å²) < 4.78 is 5.31. The van der Waals surface area contributed by atoms with E-state index in [1.54, 1.807) is 32.9 Å². The van der Waals surface area contributed by atoms with E-state index in [0.29, 0.717) is 29.1 Å². The van der Waals surface area contributed by atoms with Crippen LogP contribution >= 0.6 is 11.6 Å². The molecule has 3 N–H and O–H groups in total. The number of aryl methyl sites for hydroxylation is 3. The van der Waals surface area contributed by atoms with Crippen LogP contribution < -0.4 is 10.6 Å². The minimum Gasteiger partial charge on any atom is -0.444 e. The van der Waals surface area contributed by atoms with Gasteiger partial charge in [-0.05, 0) is 89.1 Å². The smallest absolute Gasteiger partial charge is 0.408 e. The van der Waals surface area contributed by atoms with Crippen LogP contribution in [0, 0.1) is 20.8 Å². The normalized spacial score (nSPS) is 15.2.